The van der Waals surface area contributed by atoms with E-state index in [-0.39, 0.29) is 6.04 Å². The van der Waals surface area contributed by atoms with Crippen LogP contribution in [0.4, 0.5) is 0 Å². The molecule has 0 saturated carbocycles. The van der Waals surface area contributed by atoms with E-state index in [9.17, 15) is 5.26 Å². The lowest BCUT2D eigenvalue weighted by Crippen LogP contribution is -2.24. The van der Waals surface area contributed by atoms with Gasteiger partial charge in [-0.3, -0.25) is 4.90 Å². The molecule has 1 aliphatic rings. The number of methoxy groups -OCH3 is 1. The van der Waals surface area contributed by atoms with E-state index in [4.69, 9.17) is 4.74 Å². The molecule has 1 heterocycles. The fourth-order valence-electron chi connectivity index (χ4n) is 2.18. The van der Waals surface area contributed by atoms with Crippen molar-refractivity contribution in [1.82, 2.24) is 4.90 Å². The van der Waals surface area contributed by atoms with Crippen molar-refractivity contribution < 1.29 is 4.74 Å². The summed E-state index contributed by atoms with van der Waals surface area (Å²) in [6.07, 6.45) is 2.39. The van der Waals surface area contributed by atoms with Crippen molar-refractivity contribution in [3.8, 4) is 11.8 Å². The molecule has 1 unspecified atom stereocenters. The van der Waals surface area contributed by atoms with Gasteiger partial charge in [-0.25, -0.2) is 0 Å². The lowest BCUT2D eigenvalue weighted by atomic mass is 10.1. The van der Waals surface area contributed by atoms with E-state index in [0.717, 1.165) is 24.4 Å². The minimum atomic E-state index is -0.127. The summed E-state index contributed by atoms with van der Waals surface area (Å²) in [5, 5.41) is 9.27. The molecule has 1 saturated heterocycles. The van der Waals surface area contributed by atoms with Gasteiger partial charge in [0.15, 0.2) is 0 Å². The molecule has 2 rings (SSSR count). The van der Waals surface area contributed by atoms with Crippen molar-refractivity contribution >= 4 is 0 Å². The van der Waals surface area contributed by atoms with Crippen molar-refractivity contribution in [3.05, 3.63) is 29.8 Å². The van der Waals surface area contributed by atoms with Crippen LogP contribution in [0.2, 0.25) is 0 Å². The first-order valence-corrected chi connectivity index (χ1v) is 5.63. The highest BCUT2D eigenvalue weighted by Crippen LogP contribution is 2.26. The molecule has 84 valence electrons. The lowest BCUT2D eigenvalue weighted by Gasteiger charge is -2.21. The van der Waals surface area contributed by atoms with Crippen molar-refractivity contribution in [2.24, 2.45) is 0 Å². The van der Waals surface area contributed by atoms with Crippen LogP contribution in [0.5, 0.6) is 5.75 Å². The Morgan fingerprint density at radius 2 is 2.12 bits per heavy atom. The summed E-state index contributed by atoms with van der Waals surface area (Å²) >= 11 is 0. The van der Waals surface area contributed by atoms with E-state index in [2.05, 4.69) is 11.0 Å². The average Bonchev–Trinajstić information content (AvgIpc) is 2.84. The van der Waals surface area contributed by atoms with Crippen molar-refractivity contribution in [2.45, 2.75) is 18.9 Å². The molecule has 0 amide bonds. The van der Waals surface area contributed by atoms with Gasteiger partial charge in [0, 0.05) is 0 Å². The second kappa shape index (κ2) is 5.00. The van der Waals surface area contributed by atoms with Gasteiger partial charge in [0.1, 0.15) is 11.8 Å². The minimum Gasteiger partial charge on any atom is -0.497 e. The van der Waals surface area contributed by atoms with Gasteiger partial charge in [-0.15, -0.1) is 0 Å². The van der Waals surface area contributed by atoms with Crippen LogP contribution in [0.1, 0.15) is 24.4 Å². The largest absolute Gasteiger partial charge is 0.497 e. The molecular formula is C13H16N2O. The summed E-state index contributed by atoms with van der Waals surface area (Å²) < 4.78 is 5.18. The molecule has 3 nitrogen and oxygen atoms in total. The molecule has 1 aromatic rings. The number of benzene rings is 1. The maximum absolute atomic E-state index is 9.27. The maximum Gasteiger partial charge on any atom is 0.123 e. The maximum atomic E-state index is 9.27. The zero-order valence-corrected chi connectivity index (χ0v) is 9.52. The first kappa shape index (κ1) is 11.0. The number of nitriles is 1. The third-order valence-electron chi connectivity index (χ3n) is 3.04. The van der Waals surface area contributed by atoms with E-state index >= 15 is 0 Å². The second-order valence-electron chi connectivity index (χ2n) is 4.05. The molecular weight excluding hydrogens is 200 g/mol. The Morgan fingerprint density at radius 1 is 1.38 bits per heavy atom. The van der Waals surface area contributed by atoms with Crippen LogP contribution < -0.4 is 4.74 Å². The summed E-state index contributed by atoms with van der Waals surface area (Å²) in [6.45, 7) is 2.05. The molecule has 0 spiro atoms. The minimum absolute atomic E-state index is 0.127. The van der Waals surface area contributed by atoms with Crippen molar-refractivity contribution in [1.29, 1.82) is 5.26 Å². The predicted molar refractivity (Wildman–Crippen MR) is 62.2 cm³/mol. The third-order valence-corrected chi connectivity index (χ3v) is 3.04. The monoisotopic (exact) mass is 216 g/mol. The third kappa shape index (κ3) is 2.17. The summed E-state index contributed by atoms with van der Waals surface area (Å²) in [4.78, 5) is 2.23. The lowest BCUT2D eigenvalue weighted by molar-refractivity contribution is 0.293. The van der Waals surface area contributed by atoms with Gasteiger partial charge >= 0.3 is 0 Å². The van der Waals surface area contributed by atoms with Crippen molar-refractivity contribution in [3.63, 3.8) is 0 Å². The molecule has 16 heavy (non-hydrogen) atoms. The molecule has 1 atom stereocenters. The topological polar surface area (TPSA) is 36.3 Å². The van der Waals surface area contributed by atoms with Gasteiger partial charge in [-0.05, 0) is 43.6 Å². The predicted octanol–water partition coefficient (Wildman–Crippen LogP) is 2.36. The Morgan fingerprint density at radius 3 is 2.75 bits per heavy atom. The fraction of sp³-hybridized carbons (Fsp3) is 0.462. The standard InChI is InChI=1S/C13H16N2O/c1-16-12-6-4-5-11(9-12)13(10-14)15-7-2-3-8-15/h4-6,9,13H,2-3,7-8H2,1H3. The smallest absolute Gasteiger partial charge is 0.123 e. The fourth-order valence-corrected chi connectivity index (χ4v) is 2.18. The molecule has 0 aliphatic carbocycles. The summed E-state index contributed by atoms with van der Waals surface area (Å²) in [6, 6.07) is 10.0. The highest BCUT2D eigenvalue weighted by molar-refractivity contribution is 5.33. The van der Waals surface area contributed by atoms with Crippen LogP contribution in [0, 0.1) is 11.3 Å². The van der Waals surface area contributed by atoms with Crippen LogP contribution >= 0.6 is 0 Å². The Labute approximate surface area is 96.2 Å². The normalized spacial score (nSPS) is 18.0. The first-order chi connectivity index (χ1) is 7.85. The second-order valence-corrected chi connectivity index (χ2v) is 4.05. The van der Waals surface area contributed by atoms with Gasteiger partial charge in [-0.2, -0.15) is 5.26 Å². The van der Waals surface area contributed by atoms with Gasteiger partial charge in [0.2, 0.25) is 0 Å². The molecule has 0 aromatic heterocycles. The number of hydrogen-bond donors (Lipinski definition) is 0. The van der Waals surface area contributed by atoms with Crippen LogP contribution in [0.25, 0.3) is 0 Å². The summed E-state index contributed by atoms with van der Waals surface area (Å²) in [7, 11) is 1.65. The molecule has 0 N–H and O–H groups in total. The number of likely N-dealkylation sites (tertiary alicyclic amines) is 1. The van der Waals surface area contributed by atoms with Crippen LogP contribution in [-0.4, -0.2) is 25.1 Å². The number of rotatable bonds is 3. The van der Waals surface area contributed by atoms with Crippen LogP contribution in [0.15, 0.2) is 24.3 Å². The molecule has 3 heteroatoms. The molecule has 0 bridgehead atoms. The van der Waals surface area contributed by atoms with Crippen molar-refractivity contribution in [2.75, 3.05) is 20.2 Å². The average molecular weight is 216 g/mol. The number of hydrogen-bond acceptors (Lipinski definition) is 3. The Hall–Kier alpha value is -1.53. The van der Waals surface area contributed by atoms with Gasteiger partial charge in [0.25, 0.3) is 0 Å². The van der Waals surface area contributed by atoms with Crippen LogP contribution in [0.3, 0.4) is 0 Å². The van der Waals surface area contributed by atoms with E-state index in [1.165, 1.54) is 12.8 Å². The Balaban J connectivity index is 2.22. The SMILES string of the molecule is COc1cccc(C(C#N)N2CCCC2)c1. The molecule has 0 radical (unpaired) electrons. The molecule has 1 fully saturated rings. The van der Waals surface area contributed by atoms with Gasteiger partial charge in [-0.1, -0.05) is 12.1 Å². The Kier molecular flexibility index (Phi) is 3.43. The highest BCUT2D eigenvalue weighted by atomic mass is 16.5. The van der Waals surface area contributed by atoms with E-state index in [1.54, 1.807) is 7.11 Å². The van der Waals surface area contributed by atoms with Crippen LogP contribution in [-0.2, 0) is 0 Å². The first-order valence-electron chi connectivity index (χ1n) is 5.63. The van der Waals surface area contributed by atoms with E-state index < -0.39 is 0 Å². The summed E-state index contributed by atoms with van der Waals surface area (Å²) in [5.74, 6) is 0.817. The highest BCUT2D eigenvalue weighted by Gasteiger charge is 2.23. The van der Waals surface area contributed by atoms with Gasteiger partial charge in [0.05, 0.1) is 13.2 Å². The van der Waals surface area contributed by atoms with E-state index in [0.29, 0.717) is 0 Å². The summed E-state index contributed by atoms with van der Waals surface area (Å²) in [5.41, 5.74) is 1.03. The molecule has 1 aliphatic heterocycles. The van der Waals surface area contributed by atoms with E-state index in [1.807, 2.05) is 24.3 Å². The number of ether oxygens (including phenoxy) is 1. The Bertz CT molecular complexity index is 391. The zero-order valence-electron chi connectivity index (χ0n) is 9.52. The number of nitrogens with zero attached hydrogens (tertiary/aromatic N) is 2. The molecule has 1 aromatic carbocycles. The quantitative estimate of drug-likeness (QED) is 0.778. The zero-order chi connectivity index (χ0) is 11.4. The van der Waals surface area contributed by atoms with Gasteiger partial charge < -0.3 is 4.74 Å².